The van der Waals surface area contributed by atoms with E-state index in [4.69, 9.17) is 4.74 Å². The highest BCUT2D eigenvalue weighted by atomic mass is 19.1. The van der Waals surface area contributed by atoms with Crippen LogP contribution in [0.15, 0.2) is 12.4 Å². The minimum Gasteiger partial charge on any atom is -0.475 e. The minimum absolute atomic E-state index is 0.00890. The van der Waals surface area contributed by atoms with Crippen LogP contribution >= 0.6 is 0 Å². The van der Waals surface area contributed by atoms with E-state index < -0.39 is 5.82 Å². The van der Waals surface area contributed by atoms with Crippen molar-refractivity contribution in [2.45, 2.75) is 39.0 Å². The largest absolute Gasteiger partial charge is 0.475 e. The molecule has 0 atom stereocenters. The van der Waals surface area contributed by atoms with Crippen LogP contribution in [-0.2, 0) is 7.05 Å². The second-order valence-corrected chi connectivity index (χ2v) is 6.09. The standard InChI is InChI=1S/C16H22FN5O/c1-11-14(9-22(2)21-11)19-16-18-8-13(17)15(20-16)23-10-12-6-4-3-5-7-12/h8-9,12H,3-7,10H2,1-2H3,(H,18,19,20). The van der Waals surface area contributed by atoms with E-state index in [1.165, 1.54) is 19.3 Å². The van der Waals surface area contributed by atoms with E-state index in [-0.39, 0.29) is 5.88 Å². The van der Waals surface area contributed by atoms with Crippen LogP contribution in [0.1, 0.15) is 37.8 Å². The predicted octanol–water partition coefficient (Wildman–Crippen LogP) is 3.36. The summed E-state index contributed by atoms with van der Waals surface area (Å²) in [6.45, 7) is 2.39. The normalized spacial score (nSPS) is 15.6. The molecule has 0 aliphatic heterocycles. The van der Waals surface area contributed by atoms with Gasteiger partial charge in [0, 0.05) is 13.2 Å². The van der Waals surface area contributed by atoms with Crippen molar-refractivity contribution < 1.29 is 9.13 Å². The van der Waals surface area contributed by atoms with Crippen LogP contribution in [0.3, 0.4) is 0 Å². The second kappa shape index (κ2) is 6.93. The van der Waals surface area contributed by atoms with Gasteiger partial charge in [0.15, 0.2) is 0 Å². The zero-order valence-electron chi connectivity index (χ0n) is 13.5. The first-order valence-electron chi connectivity index (χ1n) is 8.04. The van der Waals surface area contributed by atoms with Crippen LogP contribution in [0.2, 0.25) is 0 Å². The number of nitrogens with one attached hydrogen (secondary N) is 1. The van der Waals surface area contributed by atoms with Gasteiger partial charge in [0.2, 0.25) is 11.8 Å². The molecule has 1 aliphatic carbocycles. The zero-order chi connectivity index (χ0) is 16.2. The summed E-state index contributed by atoms with van der Waals surface area (Å²) in [7, 11) is 1.84. The van der Waals surface area contributed by atoms with Crippen molar-refractivity contribution in [2.75, 3.05) is 11.9 Å². The number of nitrogens with zero attached hydrogens (tertiary/aromatic N) is 4. The van der Waals surface area contributed by atoms with Crippen LogP contribution in [0, 0.1) is 18.7 Å². The lowest BCUT2D eigenvalue weighted by atomic mass is 9.90. The minimum atomic E-state index is -0.533. The Balaban J connectivity index is 1.67. The fourth-order valence-corrected chi connectivity index (χ4v) is 2.91. The summed E-state index contributed by atoms with van der Waals surface area (Å²) in [4.78, 5) is 8.11. The highest BCUT2D eigenvalue weighted by molar-refractivity contribution is 5.55. The van der Waals surface area contributed by atoms with Gasteiger partial charge >= 0.3 is 0 Å². The zero-order valence-corrected chi connectivity index (χ0v) is 13.5. The topological polar surface area (TPSA) is 64.9 Å². The SMILES string of the molecule is Cc1nn(C)cc1Nc1ncc(F)c(OCC2CCCCC2)n1. The fourth-order valence-electron chi connectivity index (χ4n) is 2.91. The Morgan fingerprint density at radius 3 is 2.83 bits per heavy atom. The van der Waals surface area contributed by atoms with E-state index in [1.54, 1.807) is 4.68 Å². The molecule has 2 aromatic heterocycles. The summed E-state index contributed by atoms with van der Waals surface area (Å²) < 4.78 is 21.2. The second-order valence-electron chi connectivity index (χ2n) is 6.09. The number of hydrogen-bond acceptors (Lipinski definition) is 5. The van der Waals surface area contributed by atoms with E-state index >= 15 is 0 Å². The van der Waals surface area contributed by atoms with Crippen molar-refractivity contribution in [3.8, 4) is 5.88 Å². The first-order valence-corrected chi connectivity index (χ1v) is 8.04. The highest BCUT2D eigenvalue weighted by Crippen LogP contribution is 2.25. The molecule has 0 saturated heterocycles. The maximum Gasteiger partial charge on any atom is 0.255 e. The Labute approximate surface area is 135 Å². The number of anilines is 2. The first kappa shape index (κ1) is 15.7. The van der Waals surface area contributed by atoms with Crippen LogP contribution in [0.25, 0.3) is 0 Å². The van der Waals surface area contributed by atoms with Crippen molar-refractivity contribution in [1.29, 1.82) is 0 Å². The Morgan fingerprint density at radius 2 is 2.13 bits per heavy atom. The van der Waals surface area contributed by atoms with Crippen molar-refractivity contribution in [3.63, 3.8) is 0 Å². The highest BCUT2D eigenvalue weighted by Gasteiger charge is 2.16. The van der Waals surface area contributed by atoms with Gasteiger partial charge in [-0.1, -0.05) is 19.3 Å². The molecule has 2 heterocycles. The lowest BCUT2D eigenvalue weighted by Gasteiger charge is -2.21. The molecule has 2 aromatic rings. The molecule has 0 aromatic carbocycles. The third-order valence-electron chi connectivity index (χ3n) is 4.15. The van der Waals surface area contributed by atoms with E-state index in [1.807, 2.05) is 20.2 Å². The summed E-state index contributed by atoms with van der Waals surface area (Å²) in [5, 5.41) is 7.28. The summed E-state index contributed by atoms with van der Waals surface area (Å²) in [5.41, 5.74) is 1.61. The number of halogens is 1. The van der Waals surface area contributed by atoms with Crippen molar-refractivity contribution in [3.05, 3.63) is 23.9 Å². The van der Waals surface area contributed by atoms with Crippen molar-refractivity contribution in [1.82, 2.24) is 19.7 Å². The average molecular weight is 319 g/mol. The van der Waals surface area contributed by atoms with E-state index in [2.05, 4.69) is 20.4 Å². The molecule has 124 valence electrons. The van der Waals surface area contributed by atoms with Crippen LogP contribution in [0.5, 0.6) is 5.88 Å². The van der Waals surface area contributed by atoms with Crippen LogP contribution in [0.4, 0.5) is 16.0 Å². The molecule has 1 N–H and O–H groups in total. The lowest BCUT2D eigenvalue weighted by Crippen LogP contribution is -2.16. The van der Waals surface area contributed by atoms with Gasteiger partial charge in [0.25, 0.3) is 5.88 Å². The van der Waals surface area contributed by atoms with Gasteiger partial charge in [-0.2, -0.15) is 14.5 Å². The van der Waals surface area contributed by atoms with Crippen LogP contribution < -0.4 is 10.1 Å². The third-order valence-corrected chi connectivity index (χ3v) is 4.15. The summed E-state index contributed by atoms with van der Waals surface area (Å²) in [5.74, 6) is 0.278. The Hall–Kier alpha value is -2.18. The molecular weight excluding hydrogens is 297 g/mol. The smallest absolute Gasteiger partial charge is 0.255 e. The molecule has 3 rings (SSSR count). The van der Waals surface area contributed by atoms with Gasteiger partial charge in [-0.3, -0.25) is 4.68 Å². The molecule has 7 heteroatoms. The first-order chi connectivity index (χ1) is 11.1. The van der Waals surface area contributed by atoms with Crippen molar-refractivity contribution >= 4 is 11.6 Å². The summed E-state index contributed by atoms with van der Waals surface area (Å²) >= 11 is 0. The summed E-state index contributed by atoms with van der Waals surface area (Å²) in [6.07, 6.45) is 9.00. The van der Waals surface area contributed by atoms with Gasteiger partial charge in [0.1, 0.15) is 0 Å². The third kappa shape index (κ3) is 3.97. The number of ether oxygens (including phenoxy) is 1. The van der Waals surface area contributed by atoms with E-state index in [9.17, 15) is 4.39 Å². The van der Waals surface area contributed by atoms with Gasteiger partial charge in [0.05, 0.1) is 24.2 Å². The number of aromatic nitrogens is 4. The Morgan fingerprint density at radius 1 is 1.35 bits per heavy atom. The molecular formula is C16H22FN5O. The molecule has 0 radical (unpaired) electrons. The quantitative estimate of drug-likeness (QED) is 0.915. The predicted molar refractivity (Wildman–Crippen MR) is 85.3 cm³/mol. The van der Waals surface area contributed by atoms with Gasteiger partial charge in [-0.15, -0.1) is 0 Å². The van der Waals surface area contributed by atoms with Crippen LogP contribution in [-0.4, -0.2) is 26.4 Å². The average Bonchev–Trinajstić information content (AvgIpc) is 2.86. The number of rotatable bonds is 5. The fraction of sp³-hybridized carbons (Fsp3) is 0.562. The maximum absolute atomic E-state index is 13.9. The summed E-state index contributed by atoms with van der Waals surface area (Å²) in [6, 6.07) is 0. The molecule has 23 heavy (non-hydrogen) atoms. The number of aryl methyl sites for hydroxylation is 2. The molecule has 1 fully saturated rings. The van der Waals surface area contributed by atoms with E-state index in [0.717, 1.165) is 30.4 Å². The maximum atomic E-state index is 13.9. The molecule has 1 aliphatic rings. The monoisotopic (exact) mass is 319 g/mol. The van der Waals surface area contributed by atoms with E-state index in [0.29, 0.717) is 18.5 Å². The van der Waals surface area contributed by atoms with Crippen molar-refractivity contribution in [2.24, 2.45) is 13.0 Å². The molecule has 1 saturated carbocycles. The molecule has 0 amide bonds. The Kier molecular flexibility index (Phi) is 4.73. The molecule has 6 nitrogen and oxygen atoms in total. The Bertz CT molecular complexity index is 666. The molecule has 0 spiro atoms. The molecule has 0 bridgehead atoms. The number of hydrogen-bond donors (Lipinski definition) is 1. The van der Waals surface area contributed by atoms with Gasteiger partial charge in [-0.05, 0) is 25.7 Å². The van der Waals surface area contributed by atoms with Gasteiger partial charge < -0.3 is 10.1 Å². The molecule has 0 unspecified atom stereocenters. The lowest BCUT2D eigenvalue weighted by molar-refractivity contribution is 0.195. The van der Waals surface area contributed by atoms with Gasteiger partial charge in [-0.25, -0.2) is 4.98 Å².